The number of carboxylic acid groups (broad SMARTS) is 1. The smallest absolute Gasteiger partial charge is 0.303 e. The Hall–Kier alpha value is -1.10. The number of hydrogen-bond acceptors (Lipinski definition) is 3. The van der Waals surface area contributed by atoms with E-state index in [0.717, 1.165) is 32.6 Å². The van der Waals surface area contributed by atoms with Gasteiger partial charge in [-0.25, -0.2) is 0 Å². The number of nitrogens with zero attached hydrogens (tertiary/aromatic N) is 1. The molecule has 0 spiro atoms. The highest BCUT2D eigenvalue weighted by Gasteiger charge is 2.34. The molecule has 0 aromatic heterocycles. The van der Waals surface area contributed by atoms with Crippen LogP contribution >= 0.6 is 0 Å². The molecule has 0 aliphatic carbocycles. The van der Waals surface area contributed by atoms with Crippen molar-refractivity contribution in [2.24, 2.45) is 17.8 Å². The van der Waals surface area contributed by atoms with Gasteiger partial charge in [-0.1, -0.05) is 6.92 Å². The highest BCUT2D eigenvalue weighted by molar-refractivity contribution is 5.79. The number of aliphatic carboxylic acids is 1. The number of carbonyl (C=O) groups is 2. The van der Waals surface area contributed by atoms with Crippen LogP contribution in [0.15, 0.2) is 0 Å². The van der Waals surface area contributed by atoms with Crippen LogP contribution in [0.1, 0.15) is 26.2 Å². The molecule has 0 radical (unpaired) electrons. The predicted octanol–water partition coefficient (Wildman–Crippen LogP) is 0.555. The molecule has 0 aromatic carbocycles. The number of amides is 1. The lowest BCUT2D eigenvalue weighted by Gasteiger charge is -2.34. The molecule has 2 fully saturated rings. The molecule has 2 rings (SSSR count). The van der Waals surface area contributed by atoms with Crippen LogP contribution in [-0.2, 0) is 9.59 Å². The first kappa shape index (κ1) is 13.3. The Balaban J connectivity index is 1.77. The van der Waals surface area contributed by atoms with Crippen LogP contribution < -0.4 is 5.32 Å². The molecule has 5 heteroatoms. The summed E-state index contributed by atoms with van der Waals surface area (Å²) in [5.41, 5.74) is 0. The lowest BCUT2D eigenvalue weighted by atomic mass is 9.88. The first-order valence-corrected chi connectivity index (χ1v) is 6.79. The number of carboxylic acids is 1. The van der Waals surface area contributed by atoms with Crippen LogP contribution in [0.5, 0.6) is 0 Å². The van der Waals surface area contributed by atoms with E-state index in [2.05, 4.69) is 5.32 Å². The van der Waals surface area contributed by atoms with Crippen LogP contribution in [0.25, 0.3) is 0 Å². The molecule has 5 nitrogen and oxygen atoms in total. The van der Waals surface area contributed by atoms with Crippen molar-refractivity contribution in [1.82, 2.24) is 10.2 Å². The van der Waals surface area contributed by atoms with E-state index >= 15 is 0 Å². The van der Waals surface area contributed by atoms with Crippen LogP contribution in [0, 0.1) is 17.8 Å². The Morgan fingerprint density at radius 3 is 2.72 bits per heavy atom. The minimum absolute atomic E-state index is 0.101. The maximum Gasteiger partial charge on any atom is 0.303 e. The summed E-state index contributed by atoms with van der Waals surface area (Å²) in [6.45, 7) is 5.45. The van der Waals surface area contributed by atoms with Gasteiger partial charge in [0.1, 0.15) is 0 Å². The average Bonchev–Trinajstić information content (AvgIpc) is 2.71. The van der Waals surface area contributed by atoms with Gasteiger partial charge in [-0.3, -0.25) is 9.59 Å². The summed E-state index contributed by atoms with van der Waals surface area (Å²) in [6, 6.07) is 0. The molecule has 2 heterocycles. The summed E-state index contributed by atoms with van der Waals surface area (Å²) in [5.74, 6) is 0.463. The monoisotopic (exact) mass is 254 g/mol. The van der Waals surface area contributed by atoms with Gasteiger partial charge < -0.3 is 15.3 Å². The molecule has 2 atom stereocenters. The maximum atomic E-state index is 12.2. The number of carbonyl (C=O) groups excluding carboxylic acids is 1. The van der Waals surface area contributed by atoms with Crippen molar-refractivity contribution < 1.29 is 14.7 Å². The standard InChI is InChI=1S/C13H22N2O3/c1-9(11-6-14-7-11)13(18)15-5-4-10(8-15)2-3-12(16)17/h9-11,14H,2-8H2,1H3,(H,16,17). The van der Waals surface area contributed by atoms with Crippen LogP contribution in [-0.4, -0.2) is 48.1 Å². The fourth-order valence-corrected chi connectivity index (χ4v) is 2.75. The van der Waals surface area contributed by atoms with E-state index < -0.39 is 5.97 Å². The molecule has 1 amide bonds. The van der Waals surface area contributed by atoms with Gasteiger partial charge in [-0.15, -0.1) is 0 Å². The summed E-state index contributed by atoms with van der Waals surface area (Å²) in [7, 11) is 0. The van der Waals surface area contributed by atoms with Crippen molar-refractivity contribution in [3.8, 4) is 0 Å². The third kappa shape index (κ3) is 3.02. The summed E-state index contributed by atoms with van der Waals surface area (Å²) in [6.07, 6.45) is 1.86. The quantitative estimate of drug-likeness (QED) is 0.752. The summed E-state index contributed by atoms with van der Waals surface area (Å²) in [4.78, 5) is 24.7. The Bertz CT molecular complexity index is 328. The second-order valence-electron chi connectivity index (χ2n) is 5.58. The Kier molecular flexibility index (Phi) is 4.22. The molecule has 2 unspecified atom stereocenters. The Labute approximate surface area is 108 Å². The molecule has 2 saturated heterocycles. The van der Waals surface area contributed by atoms with Crippen molar-refractivity contribution in [2.75, 3.05) is 26.2 Å². The van der Waals surface area contributed by atoms with Gasteiger partial charge in [0.15, 0.2) is 0 Å². The summed E-state index contributed by atoms with van der Waals surface area (Å²) in [5, 5.41) is 11.9. The van der Waals surface area contributed by atoms with Gasteiger partial charge in [0.25, 0.3) is 0 Å². The minimum Gasteiger partial charge on any atom is -0.481 e. The second-order valence-corrected chi connectivity index (χ2v) is 5.58. The zero-order valence-electron chi connectivity index (χ0n) is 10.9. The lowest BCUT2D eigenvalue weighted by molar-refractivity contribution is -0.137. The van der Waals surface area contributed by atoms with Gasteiger partial charge in [0.05, 0.1) is 0 Å². The topological polar surface area (TPSA) is 69.6 Å². The molecular weight excluding hydrogens is 232 g/mol. The van der Waals surface area contributed by atoms with Crippen LogP contribution in [0.2, 0.25) is 0 Å². The Morgan fingerprint density at radius 2 is 2.17 bits per heavy atom. The van der Waals surface area contributed by atoms with Crippen LogP contribution in [0.3, 0.4) is 0 Å². The van der Waals surface area contributed by atoms with E-state index in [9.17, 15) is 9.59 Å². The second kappa shape index (κ2) is 5.69. The molecule has 2 N–H and O–H groups in total. The van der Waals surface area contributed by atoms with E-state index in [1.807, 2.05) is 11.8 Å². The van der Waals surface area contributed by atoms with Gasteiger partial charge in [-0.05, 0) is 37.8 Å². The van der Waals surface area contributed by atoms with Gasteiger partial charge in [0.2, 0.25) is 5.91 Å². The normalized spacial score (nSPS) is 25.8. The molecule has 18 heavy (non-hydrogen) atoms. The molecule has 102 valence electrons. The molecule has 0 saturated carbocycles. The van der Waals surface area contributed by atoms with Gasteiger partial charge >= 0.3 is 5.97 Å². The van der Waals surface area contributed by atoms with Crippen molar-refractivity contribution in [3.05, 3.63) is 0 Å². The fourth-order valence-electron chi connectivity index (χ4n) is 2.75. The average molecular weight is 254 g/mol. The van der Waals surface area contributed by atoms with E-state index in [1.165, 1.54) is 0 Å². The van der Waals surface area contributed by atoms with E-state index in [1.54, 1.807) is 0 Å². The maximum absolute atomic E-state index is 12.2. The highest BCUT2D eigenvalue weighted by Crippen LogP contribution is 2.25. The minimum atomic E-state index is -0.742. The molecule has 0 aromatic rings. The van der Waals surface area contributed by atoms with E-state index in [-0.39, 0.29) is 18.2 Å². The highest BCUT2D eigenvalue weighted by atomic mass is 16.4. The number of likely N-dealkylation sites (tertiary alicyclic amines) is 1. The van der Waals surface area contributed by atoms with Crippen molar-refractivity contribution in [2.45, 2.75) is 26.2 Å². The summed E-state index contributed by atoms with van der Waals surface area (Å²) >= 11 is 0. The van der Waals surface area contributed by atoms with E-state index in [0.29, 0.717) is 18.3 Å². The molecular formula is C13H22N2O3. The number of rotatable bonds is 5. The third-order valence-electron chi connectivity index (χ3n) is 4.27. The fraction of sp³-hybridized carbons (Fsp3) is 0.846. The first-order chi connectivity index (χ1) is 8.58. The van der Waals surface area contributed by atoms with Crippen LogP contribution in [0.4, 0.5) is 0 Å². The summed E-state index contributed by atoms with van der Waals surface area (Å²) < 4.78 is 0. The predicted molar refractivity (Wildman–Crippen MR) is 67.1 cm³/mol. The SMILES string of the molecule is CC(C(=O)N1CCC(CCC(=O)O)C1)C1CNC1. The number of hydrogen-bond donors (Lipinski definition) is 2. The largest absolute Gasteiger partial charge is 0.481 e. The van der Waals surface area contributed by atoms with Crippen molar-refractivity contribution in [1.29, 1.82) is 0 Å². The zero-order valence-corrected chi connectivity index (χ0v) is 10.9. The van der Waals surface area contributed by atoms with Crippen molar-refractivity contribution in [3.63, 3.8) is 0 Å². The first-order valence-electron chi connectivity index (χ1n) is 6.79. The Morgan fingerprint density at radius 1 is 1.44 bits per heavy atom. The van der Waals surface area contributed by atoms with Gasteiger partial charge in [-0.2, -0.15) is 0 Å². The van der Waals surface area contributed by atoms with Crippen molar-refractivity contribution >= 4 is 11.9 Å². The molecule has 0 bridgehead atoms. The lowest BCUT2D eigenvalue weighted by Crippen LogP contribution is -2.50. The molecule has 2 aliphatic heterocycles. The zero-order chi connectivity index (χ0) is 13.1. The van der Waals surface area contributed by atoms with E-state index in [4.69, 9.17) is 5.11 Å². The number of nitrogens with one attached hydrogen (secondary N) is 1. The molecule has 2 aliphatic rings. The van der Waals surface area contributed by atoms with Gasteiger partial charge in [0, 0.05) is 25.4 Å². The third-order valence-corrected chi connectivity index (χ3v) is 4.27.